The quantitative estimate of drug-likeness (QED) is 0.876. The van der Waals surface area contributed by atoms with Gasteiger partial charge in [0.05, 0.1) is 12.6 Å². The molecule has 1 aromatic carbocycles. The number of hydrogen-bond acceptors (Lipinski definition) is 3. The molecular weight excluding hydrogens is 328 g/mol. The molecule has 0 bridgehead atoms. The molecule has 2 aromatic rings. The van der Waals surface area contributed by atoms with Crippen molar-refractivity contribution in [3.8, 4) is 0 Å². The van der Waals surface area contributed by atoms with E-state index in [-0.39, 0.29) is 24.4 Å². The van der Waals surface area contributed by atoms with Gasteiger partial charge in [0.1, 0.15) is 5.69 Å². The molecule has 0 spiro atoms. The van der Waals surface area contributed by atoms with Crippen LogP contribution in [-0.2, 0) is 4.79 Å². The van der Waals surface area contributed by atoms with Gasteiger partial charge in [-0.3, -0.25) is 14.5 Å². The van der Waals surface area contributed by atoms with E-state index in [0.29, 0.717) is 24.1 Å². The SMILES string of the molecule is Cc1ccccc1[C@@H]1[C@H]2CN(CC(N)=O)C[C@H]2CN1C(=O)c1ccc[nH]1. The normalized spacial score (nSPS) is 25.4. The summed E-state index contributed by atoms with van der Waals surface area (Å²) >= 11 is 0. The first-order valence-electron chi connectivity index (χ1n) is 9.05. The molecule has 2 saturated heterocycles. The number of aromatic nitrogens is 1. The van der Waals surface area contributed by atoms with Crippen LogP contribution in [-0.4, -0.2) is 52.8 Å². The molecule has 0 saturated carbocycles. The minimum atomic E-state index is -0.295. The fourth-order valence-corrected chi connectivity index (χ4v) is 4.63. The maximum atomic E-state index is 13.1. The summed E-state index contributed by atoms with van der Waals surface area (Å²) in [6.45, 7) is 4.69. The Balaban J connectivity index is 1.67. The van der Waals surface area contributed by atoms with E-state index in [2.05, 4.69) is 28.9 Å². The summed E-state index contributed by atoms with van der Waals surface area (Å²) in [7, 11) is 0. The molecule has 1 aromatic heterocycles. The summed E-state index contributed by atoms with van der Waals surface area (Å²) in [6.07, 6.45) is 1.78. The van der Waals surface area contributed by atoms with Crippen LogP contribution in [0.2, 0.25) is 0 Å². The Labute approximate surface area is 153 Å². The van der Waals surface area contributed by atoms with Crippen LogP contribution >= 0.6 is 0 Å². The van der Waals surface area contributed by atoms with Crippen LogP contribution in [0.3, 0.4) is 0 Å². The van der Waals surface area contributed by atoms with Crippen molar-refractivity contribution in [2.24, 2.45) is 17.6 Å². The Bertz CT molecular complexity index is 817. The number of H-pyrrole nitrogens is 1. The van der Waals surface area contributed by atoms with Crippen LogP contribution < -0.4 is 5.73 Å². The van der Waals surface area contributed by atoms with Crippen LogP contribution in [0.1, 0.15) is 27.7 Å². The Kier molecular flexibility index (Phi) is 4.28. The lowest BCUT2D eigenvalue weighted by atomic mass is 9.87. The molecular formula is C20H24N4O2. The molecule has 6 heteroatoms. The number of carbonyl (C=O) groups excluding carboxylic acids is 2. The van der Waals surface area contributed by atoms with Crippen LogP contribution in [0.4, 0.5) is 0 Å². The fourth-order valence-electron chi connectivity index (χ4n) is 4.63. The zero-order valence-electron chi connectivity index (χ0n) is 14.9. The molecule has 6 nitrogen and oxygen atoms in total. The van der Waals surface area contributed by atoms with Gasteiger partial charge in [-0.15, -0.1) is 0 Å². The van der Waals surface area contributed by atoms with Crippen molar-refractivity contribution in [3.05, 3.63) is 59.4 Å². The van der Waals surface area contributed by atoms with Gasteiger partial charge in [-0.25, -0.2) is 0 Å². The van der Waals surface area contributed by atoms with E-state index in [0.717, 1.165) is 13.1 Å². The zero-order chi connectivity index (χ0) is 18.3. The van der Waals surface area contributed by atoms with Gasteiger partial charge in [-0.2, -0.15) is 0 Å². The molecule has 4 rings (SSSR count). The molecule has 3 atom stereocenters. The average Bonchev–Trinajstić information content (AvgIpc) is 3.30. The number of primary amides is 1. The standard InChI is InChI=1S/C20H24N4O2/c1-13-5-2-3-6-15(13)19-16-11-23(12-18(21)25)9-14(16)10-24(19)20(26)17-7-4-8-22-17/h2-8,14,16,19,22H,9-12H2,1H3,(H2,21,25)/t14-,16-,19+/m0/s1. The van der Waals surface area contributed by atoms with E-state index in [4.69, 9.17) is 5.73 Å². The van der Waals surface area contributed by atoms with Gasteiger partial charge in [-0.05, 0) is 36.1 Å². The number of aryl methyl sites for hydroxylation is 1. The highest BCUT2D eigenvalue weighted by molar-refractivity contribution is 5.93. The number of likely N-dealkylation sites (tertiary alicyclic amines) is 2. The van der Waals surface area contributed by atoms with Crippen molar-refractivity contribution >= 4 is 11.8 Å². The first-order chi connectivity index (χ1) is 12.5. The number of aromatic amines is 1. The van der Waals surface area contributed by atoms with Gasteiger partial charge in [0.15, 0.2) is 0 Å². The predicted octanol–water partition coefficient (Wildman–Crippen LogP) is 1.55. The number of rotatable bonds is 4. The summed E-state index contributed by atoms with van der Waals surface area (Å²) in [5, 5.41) is 0. The van der Waals surface area contributed by atoms with Crippen LogP contribution in [0, 0.1) is 18.8 Å². The molecule has 2 fully saturated rings. The van der Waals surface area contributed by atoms with E-state index in [1.165, 1.54) is 11.1 Å². The largest absolute Gasteiger partial charge is 0.369 e. The number of hydrogen-bond donors (Lipinski definition) is 2. The highest BCUT2D eigenvalue weighted by atomic mass is 16.2. The number of nitrogens with one attached hydrogen (secondary N) is 1. The highest BCUT2D eigenvalue weighted by Gasteiger charge is 2.49. The average molecular weight is 352 g/mol. The van der Waals surface area contributed by atoms with Gasteiger partial charge >= 0.3 is 0 Å². The van der Waals surface area contributed by atoms with Gasteiger partial charge < -0.3 is 15.6 Å². The second kappa shape index (κ2) is 6.61. The lowest BCUT2D eigenvalue weighted by molar-refractivity contribution is -0.119. The van der Waals surface area contributed by atoms with Gasteiger partial charge in [-0.1, -0.05) is 24.3 Å². The fraction of sp³-hybridized carbons (Fsp3) is 0.400. The summed E-state index contributed by atoms with van der Waals surface area (Å²) in [5.74, 6) is 0.420. The smallest absolute Gasteiger partial charge is 0.270 e. The van der Waals surface area contributed by atoms with Crippen molar-refractivity contribution in [3.63, 3.8) is 0 Å². The third kappa shape index (κ3) is 2.90. The minimum Gasteiger partial charge on any atom is -0.369 e. The summed E-state index contributed by atoms with van der Waals surface area (Å²) < 4.78 is 0. The van der Waals surface area contributed by atoms with Crippen molar-refractivity contribution in [1.82, 2.24) is 14.8 Å². The van der Waals surface area contributed by atoms with Crippen LogP contribution in [0.25, 0.3) is 0 Å². The molecule has 2 aliphatic rings. The molecule has 0 aliphatic carbocycles. The Hall–Kier alpha value is -2.60. The Morgan fingerprint density at radius 3 is 2.65 bits per heavy atom. The first-order valence-corrected chi connectivity index (χ1v) is 9.05. The van der Waals surface area contributed by atoms with Crippen molar-refractivity contribution in [1.29, 1.82) is 0 Å². The second-order valence-corrected chi connectivity index (χ2v) is 7.43. The molecule has 3 N–H and O–H groups in total. The van der Waals surface area contributed by atoms with E-state index in [9.17, 15) is 9.59 Å². The van der Waals surface area contributed by atoms with E-state index in [1.807, 2.05) is 29.2 Å². The third-order valence-electron chi connectivity index (χ3n) is 5.72. The molecule has 0 radical (unpaired) electrons. The Morgan fingerprint density at radius 1 is 1.15 bits per heavy atom. The van der Waals surface area contributed by atoms with E-state index >= 15 is 0 Å². The number of amides is 2. The van der Waals surface area contributed by atoms with Crippen molar-refractivity contribution in [2.45, 2.75) is 13.0 Å². The van der Waals surface area contributed by atoms with E-state index in [1.54, 1.807) is 6.20 Å². The van der Waals surface area contributed by atoms with Gasteiger partial charge in [0.25, 0.3) is 5.91 Å². The highest BCUT2D eigenvalue weighted by Crippen LogP contribution is 2.46. The van der Waals surface area contributed by atoms with Crippen molar-refractivity contribution < 1.29 is 9.59 Å². The lowest BCUT2D eigenvalue weighted by Gasteiger charge is -2.30. The molecule has 0 unspecified atom stereocenters. The Morgan fingerprint density at radius 2 is 1.96 bits per heavy atom. The number of carbonyl (C=O) groups is 2. The number of nitrogens with two attached hydrogens (primary N) is 1. The van der Waals surface area contributed by atoms with E-state index < -0.39 is 0 Å². The summed E-state index contributed by atoms with van der Waals surface area (Å²) in [6, 6.07) is 12.0. The first kappa shape index (κ1) is 16.8. The molecule has 2 amide bonds. The second-order valence-electron chi connectivity index (χ2n) is 7.43. The van der Waals surface area contributed by atoms with Crippen molar-refractivity contribution in [2.75, 3.05) is 26.2 Å². The predicted molar refractivity (Wildman–Crippen MR) is 98.4 cm³/mol. The van der Waals surface area contributed by atoms with Gasteiger partial charge in [0, 0.05) is 31.7 Å². The molecule has 136 valence electrons. The number of benzene rings is 1. The monoisotopic (exact) mass is 352 g/mol. The maximum absolute atomic E-state index is 13.1. The minimum absolute atomic E-state index is 0.0230. The molecule has 3 heterocycles. The van der Waals surface area contributed by atoms with Crippen LogP contribution in [0.5, 0.6) is 0 Å². The number of fused-ring (bicyclic) bond motifs is 1. The van der Waals surface area contributed by atoms with Gasteiger partial charge in [0.2, 0.25) is 5.91 Å². The summed E-state index contributed by atoms with van der Waals surface area (Å²) in [5.41, 5.74) is 8.39. The third-order valence-corrected chi connectivity index (χ3v) is 5.72. The van der Waals surface area contributed by atoms with Crippen LogP contribution in [0.15, 0.2) is 42.6 Å². The number of nitrogens with zero attached hydrogens (tertiary/aromatic N) is 2. The lowest BCUT2D eigenvalue weighted by Crippen LogP contribution is -2.38. The maximum Gasteiger partial charge on any atom is 0.270 e. The molecule has 2 aliphatic heterocycles. The zero-order valence-corrected chi connectivity index (χ0v) is 14.9. The topological polar surface area (TPSA) is 82.4 Å². The molecule has 26 heavy (non-hydrogen) atoms. The summed E-state index contributed by atoms with van der Waals surface area (Å²) in [4.78, 5) is 31.6.